The van der Waals surface area contributed by atoms with Crippen LogP contribution in [-0.4, -0.2) is 67.3 Å². The summed E-state index contributed by atoms with van der Waals surface area (Å²) in [5, 5.41) is 59.2. The van der Waals surface area contributed by atoms with Gasteiger partial charge in [-0.25, -0.2) is 4.79 Å². The van der Waals surface area contributed by atoms with E-state index in [0.29, 0.717) is 5.56 Å². The Bertz CT molecular complexity index is 1220. The quantitative estimate of drug-likeness (QED) is 0.299. The molecule has 0 bridgehead atoms. The van der Waals surface area contributed by atoms with E-state index < -0.39 is 59.4 Å². The minimum Gasteiger partial charge on any atom is -0.504 e. The molecule has 11 nitrogen and oxygen atoms in total. The van der Waals surface area contributed by atoms with Gasteiger partial charge in [0.25, 0.3) is 0 Å². The van der Waals surface area contributed by atoms with Crippen LogP contribution in [-0.2, 0) is 9.53 Å². The molecule has 2 heterocycles. The zero-order valence-electron chi connectivity index (χ0n) is 16.2. The molecule has 1 fully saturated rings. The van der Waals surface area contributed by atoms with E-state index in [9.17, 15) is 35.1 Å². The Balaban J connectivity index is 1.77. The van der Waals surface area contributed by atoms with Crippen LogP contribution in [0.2, 0.25) is 0 Å². The van der Waals surface area contributed by atoms with Crippen LogP contribution in [0.4, 0.5) is 0 Å². The number of carboxylic acid groups (broad SMARTS) is 1. The average molecular weight is 446 g/mol. The number of aliphatic carboxylic acids is 1. The number of aliphatic hydroxyl groups is 3. The van der Waals surface area contributed by atoms with Gasteiger partial charge in [-0.1, -0.05) is 30.3 Å². The molecule has 0 spiro atoms. The summed E-state index contributed by atoms with van der Waals surface area (Å²) in [7, 11) is 0. The maximum atomic E-state index is 12.5. The first-order valence-electron chi connectivity index (χ1n) is 9.36. The summed E-state index contributed by atoms with van der Waals surface area (Å²) in [6.45, 7) is 0. The van der Waals surface area contributed by atoms with E-state index >= 15 is 0 Å². The molecule has 0 unspecified atom stereocenters. The van der Waals surface area contributed by atoms with Crippen LogP contribution in [0.5, 0.6) is 17.2 Å². The molecule has 168 valence electrons. The molecule has 0 saturated carbocycles. The molecule has 1 aliphatic heterocycles. The second-order valence-corrected chi connectivity index (χ2v) is 7.14. The number of fused-ring (bicyclic) bond motifs is 1. The Hall–Kier alpha value is -3.64. The Morgan fingerprint density at radius 2 is 1.62 bits per heavy atom. The molecular formula is C21H18O11. The number of ether oxygens (including phenoxy) is 2. The fraction of sp³-hybridized carbons (Fsp3) is 0.238. The highest BCUT2D eigenvalue weighted by molar-refractivity contribution is 5.89. The molecule has 0 aliphatic carbocycles. The lowest BCUT2D eigenvalue weighted by atomic mass is 9.99. The molecular weight excluding hydrogens is 428 g/mol. The number of phenols is 2. The normalized spacial score (nSPS) is 25.5. The van der Waals surface area contributed by atoms with Crippen LogP contribution < -0.4 is 10.2 Å². The maximum Gasteiger partial charge on any atom is 0.335 e. The summed E-state index contributed by atoms with van der Waals surface area (Å²) in [6.07, 6.45) is -9.56. The first-order valence-corrected chi connectivity index (χ1v) is 9.36. The molecule has 0 amide bonds. The SMILES string of the molecule is O=C(O)[C@H]1O[C@H](Oc2cc3oc(-c4ccccc4)cc(=O)c3c(O)c2O)[C@@H](O)[C@H](O)[C@H]1O. The zero-order chi connectivity index (χ0) is 23.2. The summed E-state index contributed by atoms with van der Waals surface area (Å²) in [5.74, 6) is -3.76. The van der Waals surface area contributed by atoms with Gasteiger partial charge in [0.15, 0.2) is 23.0 Å². The highest BCUT2D eigenvalue weighted by Gasteiger charge is 2.48. The summed E-state index contributed by atoms with van der Waals surface area (Å²) < 4.78 is 16.0. The van der Waals surface area contributed by atoms with E-state index in [4.69, 9.17) is 19.0 Å². The largest absolute Gasteiger partial charge is 0.504 e. The van der Waals surface area contributed by atoms with Crippen LogP contribution in [0.1, 0.15) is 0 Å². The summed E-state index contributed by atoms with van der Waals surface area (Å²) in [6, 6.07) is 10.8. The Labute approximate surface area is 178 Å². The third-order valence-corrected chi connectivity index (χ3v) is 5.05. The fourth-order valence-corrected chi connectivity index (χ4v) is 3.38. The maximum absolute atomic E-state index is 12.5. The third kappa shape index (κ3) is 3.63. The summed E-state index contributed by atoms with van der Waals surface area (Å²) in [4.78, 5) is 23.8. The highest BCUT2D eigenvalue weighted by Crippen LogP contribution is 2.42. The third-order valence-electron chi connectivity index (χ3n) is 5.05. The molecule has 0 radical (unpaired) electrons. The van der Waals surface area contributed by atoms with Crippen molar-refractivity contribution in [3.63, 3.8) is 0 Å². The van der Waals surface area contributed by atoms with E-state index in [1.54, 1.807) is 30.3 Å². The highest BCUT2D eigenvalue weighted by atomic mass is 16.7. The second kappa shape index (κ2) is 8.13. The number of aromatic hydroxyl groups is 2. The number of carbonyl (C=O) groups is 1. The van der Waals surface area contributed by atoms with Gasteiger partial charge in [0.2, 0.25) is 12.0 Å². The van der Waals surface area contributed by atoms with E-state index in [0.717, 1.165) is 12.1 Å². The number of phenolic OH excluding ortho intramolecular Hbond substituents is 2. The first kappa shape index (κ1) is 21.6. The number of aliphatic hydroxyl groups excluding tert-OH is 3. The van der Waals surface area contributed by atoms with Crippen LogP contribution in [0, 0.1) is 0 Å². The Morgan fingerprint density at radius 1 is 0.938 bits per heavy atom. The zero-order valence-corrected chi connectivity index (χ0v) is 16.2. The van der Waals surface area contributed by atoms with Gasteiger partial charge in [-0.3, -0.25) is 4.79 Å². The minimum absolute atomic E-state index is 0.164. The predicted octanol–water partition coefficient (Wildman–Crippen LogP) is 0.142. The summed E-state index contributed by atoms with van der Waals surface area (Å²) in [5.41, 5.74) is -0.265. The molecule has 6 N–H and O–H groups in total. The van der Waals surface area contributed by atoms with Crippen molar-refractivity contribution in [1.29, 1.82) is 0 Å². The van der Waals surface area contributed by atoms with Gasteiger partial charge in [-0.15, -0.1) is 0 Å². The number of benzene rings is 2. The van der Waals surface area contributed by atoms with Gasteiger partial charge in [0.05, 0.1) is 0 Å². The second-order valence-electron chi connectivity index (χ2n) is 7.14. The van der Waals surface area contributed by atoms with Gasteiger partial charge >= 0.3 is 5.97 Å². The van der Waals surface area contributed by atoms with Gasteiger partial charge < -0.3 is 44.5 Å². The van der Waals surface area contributed by atoms with Crippen molar-refractivity contribution in [3.8, 4) is 28.6 Å². The summed E-state index contributed by atoms with van der Waals surface area (Å²) >= 11 is 0. The van der Waals surface area contributed by atoms with Crippen LogP contribution in [0.25, 0.3) is 22.3 Å². The Kier molecular flexibility index (Phi) is 5.48. The van der Waals surface area contributed by atoms with E-state index in [1.807, 2.05) is 0 Å². The molecule has 11 heteroatoms. The number of hydrogen-bond acceptors (Lipinski definition) is 10. The lowest BCUT2D eigenvalue weighted by Crippen LogP contribution is -2.61. The van der Waals surface area contributed by atoms with Gasteiger partial charge in [0, 0.05) is 17.7 Å². The van der Waals surface area contributed by atoms with Crippen molar-refractivity contribution < 1.29 is 49.3 Å². The van der Waals surface area contributed by atoms with E-state index in [-0.39, 0.29) is 16.7 Å². The van der Waals surface area contributed by atoms with Gasteiger partial charge in [0.1, 0.15) is 35.0 Å². The fourth-order valence-electron chi connectivity index (χ4n) is 3.38. The van der Waals surface area contributed by atoms with Crippen molar-refractivity contribution in [2.75, 3.05) is 0 Å². The van der Waals surface area contributed by atoms with Crippen LogP contribution >= 0.6 is 0 Å². The number of hydrogen-bond donors (Lipinski definition) is 6. The van der Waals surface area contributed by atoms with Crippen molar-refractivity contribution in [1.82, 2.24) is 0 Å². The number of rotatable bonds is 4. The topological polar surface area (TPSA) is 187 Å². The lowest BCUT2D eigenvalue weighted by molar-refractivity contribution is -0.271. The van der Waals surface area contributed by atoms with Crippen LogP contribution in [0.15, 0.2) is 51.7 Å². The first-order chi connectivity index (χ1) is 15.2. The molecule has 3 aromatic rings. The van der Waals surface area contributed by atoms with Crippen molar-refractivity contribution in [2.24, 2.45) is 0 Å². The van der Waals surface area contributed by atoms with Gasteiger partial charge in [-0.2, -0.15) is 0 Å². The Morgan fingerprint density at radius 3 is 2.28 bits per heavy atom. The van der Waals surface area contributed by atoms with Crippen molar-refractivity contribution in [3.05, 3.63) is 52.7 Å². The van der Waals surface area contributed by atoms with Crippen molar-refractivity contribution >= 4 is 16.9 Å². The van der Waals surface area contributed by atoms with Crippen LogP contribution in [0.3, 0.4) is 0 Å². The molecule has 1 aromatic heterocycles. The molecule has 1 saturated heterocycles. The smallest absolute Gasteiger partial charge is 0.335 e. The molecule has 4 rings (SSSR count). The number of carboxylic acids is 1. The van der Waals surface area contributed by atoms with E-state index in [2.05, 4.69) is 0 Å². The average Bonchev–Trinajstić information content (AvgIpc) is 2.77. The van der Waals surface area contributed by atoms with E-state index in [1.165, 1.54) is 0 Å². The molecule has 1 aliphatic rings. The lowest BCUT2D eigenvalue weighted by Gasteiger charge is -2.38. The predicted molar refractivity (Wildman–Crippen MR) is 106 cm³/mol. The molecule has 2 aromatic carbocycles. The van der Waals surface area contributed by atoms with Gasteiger partial charge in [-0.05, 0) is 0 Å². The molecule has 5 atom stereocenters. The van der Waals surface area contributed by atoms with Crippen molar-refractivity contribution in [2.45, 2.75) is 30.7 Å². The monoisotopic (exact) mass is 446 g/mol. The standard InChI is InChI=1S/C21H18O11/c22-9-6-10(8-4-2-1-3-5-8)30-11-7-12(14(23)15(24)13(9)11)31-21-18(27)16(25)17(26)19(32-21)20(28)29/h1-7,16-19,21,23-27H,(H,28,29)/t16-,17-,18+,19+,21+/m1/s1. The minimum atomic E-state index is -1.94. The molecule has 32 heavy (non-hydrogen) atoms.